The van der Waals surface area contributed by atoms with Crippen LogP contribution in [0.2, 0.25) is 0 Å². The standard InChI is InChI=1S/C13H18N2O5S/c1-2-3-7-21(19,20)9-11(13(17)18)15-12(16)10-5-4-6-14-8-10/h4-6,8,11H,2-3,7,9H2,1H3,(H,15,16)(H,17,18)/t11-/m1/s1. The van der Waals surface area contributed by atoms with Gasteiger partial charge < -0.3 is 10.4 Å². The second-order valence-corrected chi connectivity index (χ2v) is 6.80. The molecular weight excluding hydrogens is 296 g/mol. The highest BCUT2D eigenvalue weighted by Crippen LogP contribution is 2.03. The Morgan fingerprint density at radius 2 is 2.14 bits per heavy atom. The Kier molecular flexibility index (Phi) is 6.29. The molecule has 1 atom stereocenters. The van der Waals surface area contributed by atoms with Crippen LogP contribution in [0.25, 0.3) is 0 Å². The van der Waals surface area contributed by atoms with E-state index in [-0.39, 0.29) is 11.3 Å². The maximum absolute atomic E-state index is 11.9. The second-order valence-electron chi connectivity index (χ2n) is 4.57. The highest BCUT2D eigenvalue weighted by atomic mass is 32.2. The zero-order valence-corrected chi connectivity index (χ0v) is 12.5. The van der Waals surface area contributed by atoms with Gasteiger partial charge >= 0.3 is 5.97 Å². The molecular formula is C13H18N2O5S. The number of carboxylic acid groups (broad SMARTS) is 1. The fraction of sp³-hybridized carbons (Fsp3) is 0.462. The van der Waals surface area contributed by atoms with Gasteiger partial charge in [-0.05, 0) is 18.6 Å². The van der Waals surface area contributed by atoms with Gasteiger partial charge in [0.15, 0.2) is 9.84 Å². The number of unbranched alkanes of at least 4 members (excludes halogenated alkanes) is 1. The van der Waals surface area contributed by atoms with Crippen molar-refractivity contribution in [2.45, 2.75) is 25.8 Å². The van der Waals surface area contributed by atoms with Crippen LogP contribution in [-0.2, 0) is 14.6 Å². The number of carbonyl (C=O) groups excluding carboxylic acids is 1. The molecule has 1 heterocycles. The first-order valence-electron chi connectivity index (χ1n) is 6.50. The molecule has 116 valence electrons. The van der Waals surface area contributed by atoms with Gasteiger partial charge in [-0.3, -0.25) is 9.78 Å². The number of aliphatic carboxylic acids is 1. The van der Waals surface area contributed by atoms with E-state index in [2.05, 4.69) is 10.3 Å². The number of aromatic nitrogens is 1. The molecule has 1 amide bonds. The van der Waals surface area contributed by atoms with Crippen molar-refractivity contribution < 1.29 is 23.1 Å². The van der Waals surface area contributed by atoms with Gasteiger partial charge in [-0.25, -0.2) is 13.2 Å². The summed E-state index contributed by atoms with van der Waals surface area (Å²) in [6.07, 6.45) is 3.91. The van der Waals surface area contributed by atoms with Gasteiger partial charge in [-0.1, -0.05) is 13.3 Å². The molecule has 0 fully saturated rings. The number of nitrogens with zero attached hydrogens (tertiary/aromatic N) is 1. The number of hydrogen-bond donors (Lipinski definition) is 2. The fourth-order valence-electron chi connectivity index (χ4n) is 1.61. The van der Waals surface area contributed by atoms with Crippen molar-refractivity contribution in [1.82, 2.24) is 10.3 Å². The van der Waals surface area contributed by atoms with Crippen molar-refractivity contribution in [3.8, 4) is 0 Å². The monoisotopic (exact) mass is 314 g/mol. The summed E-state index contributed by atoms with van der Waals surface area (Å²) in [7, 11) is -3.53. The number of sulfone groups is 1. The van der Waals surface area contributed by atoms with Crippen molar-refractivity contribution in [3.05, 3.63) is 30.1 Å². The van der Waals surface area contributed by atoms with E-state index in [4.69, 9.17) is 5.11 Å². The first kappa shape index (κ1) is 17.1. The molecule has 0 aliphatic heterocycles. The predicted octanol–water partition coefficient (Wildman–Crippen LogP) is 0.479. The number of rotatable bonds is 8. The van der Waals surface area contributed by atoms with Crippen LogP contribution in [0.15, 0.2) is 24.5 Å². The average Bonchev–Trinajstić information content (AvgIpc) is 2.45. The first-order chi connectivity index (χ1) is 9.85. The Bertz CT molecular complexity index is 586. The van der Waals surface area contributed by atoms with Gasteiger partial charge in [0.1, 0.15) is 6.04 Å². The maximum Gasteiger partial charge on any atom is 0.327 e. The molecule has 0 aliphatic rings. The predicted molar refractivity (Wildman–Crippen MR) is 76.7 cm³/mol. The number of carbonyl (C=O) groups is 2. The zero-order chi connectivity index (χ0) is 15.9. The van der Waals surface area contributed by atoms with Crippen molar-refractivity contribution in [2.75, 3.05) is 11.5 Å². The molecule has 7 nitrogen and oxygen atoms in total. The summed E-state index contributed by atoms with van der Waals surface area (Å²) >= 11 is 0. The summed E-state index contributed by atoms with van der Waals surface area (Å²) in [6.45, 7) is 1.84. The van der Waals surface area contributed by atoms with E-state index in [9.17, 15) is 18.0 Å². The van der Waals surface area contributed by atoms with Gasteiger partial charge in [-0.2, -0.15) is 0 Å². The lowest BCUT2D eigenvalue weighted by atomic mass is 10.2. The Hall–Kier alpha value is -1.96. The number of pyridine rings is 1. The van der Waals surface area contributed by atoms with E-state index in [1.807, 2.05) is 6.92 Å². The van der Waals surface area contributed by atoms with E-state index in [0.717, 1.165) is 0 Å². The van der Waals surface area contributed by atoms with Crippen molar-refractivity contribution >= 4 is 21.7 Å². The number of nitrogens with one attached hydrogen (secondary N) is 1. The number of hydrogen-bond acceptors (Lipinski definition) is 5. The van der Waals surface area contributed by atoms with Crippen LogP contribution >= 0.6 is 0 Å². The molecule has 0 saturated heterocycles. The topological polar surface area (TPSA) is 113 Å². The van der Waals surface area contributed by atoms with Gasteiger partial charge in [0.25, 0.3) is 5.91 Å². The molecule has 1 rings (SSSR count). The summed E-state index contributed by atoms with van der Waals surface area (Å²) in [5, 5.41) is 11.3. The minimum Gasteiger partial charge on any atom is -0.480 e. The average molecular weight is 314 g/mol. The molecule has 0 saturated carbocycles. The first-order valence-corrected chi connectivity index (χ1v) is 8.32. The largest absolute Gasteiger partial charge is 0.480 e. The van der Waals surface area contributed by atoms with Gasteiger partial charge in [0.2, 0.25) is 0 Å². The third-order valence-corrected chi connectivity index (χ3v) is 4.51. The van der Waals surface area contributed by atoms with E-state index in [1.54, 1.807) is 0 Å². The van der Waals surface area contributed by atoms with Crippen molar-refractivity contribution in [2.24, 2.45) is 0 Å². The van der Waals surface area contributed by atoms with Gasteiger partial charge in [0.05, 0.1) is 17.1 Å². The van der Waals surface area contributed by atoms with E-state index in [0.29, 0.717) is 12.8 Å². The lowest BCUT2D eigenvalue weighted by molar-refractivity contribution is -0.138. The molecule has 0 bridgehead atoms. The molecule has 0 aliphatic carbocycles. The Morgan fingerprint density at radius 1 is 1.43 bits per heavy atom. The molecule has 1 aromatic heterocycles. The van der Waals surface area contributed by atoms with Crippen LogP contribution in [0.3, 0.4) is 0 Å². The molecule has 0 aromatic carbocycles. The maximum atomic E-state index is 11.9. The van der Waals surface area contributed by atoms with E-state index >= 15 is 0 Å². The van der Waals surface area contributed by atoms with Crippen LogP contribution in [0.4, 0.5) is 0 Å². The van der Waals surface area contributed by atoms with Crippen LogP contribution < -0.4 is 5.32 Å². The van der Waals surface area contributed by atoms with Crippen molar-refractivity contribution in [3.63, 3.8) is 0 Å². The molecule has 8 heteroatoms. The fourth-order valence-corrected chi connectivity index (χ4v) is 3.24. The summed E-state index contributed by atoms with van der Waals surface area (Å²) < 4.78 is 23.6. The summed E-state index contributed by atoms with van der Waals surface area (Å²) in [6, 6.07) is 1.52. The van der Waals surface area contributed by atoms with Crippen LogP contribution in [0.1, 0.15) is 30.1 Å². The van der Waals surface area contributed by atoms with E-state index in [1.165, 1.54) is 24.5 Å². The molecule has 21 heavy (non-hydrogen) atoms. The molecule has 0 unspecified atom stereocenters. The van der Waals surface area contributed by atoms with Crippen molar-refractivity contribution in [1.29, 1.82) is 0 Å². The number of carboxylic acids is 1. The minimum absolute atomic E-state index is 0.0873. The lowest BCUT2D eigenvalue weighted by Gasteiger charge is -2.14. The highest BCUT2D eigenvalue weighted by molar-refractivity contribution is 7.91. The molecule has 0 radical (unpaired) electrons. The summed E-state index contributed by atoms with van der Waals surface area (Å²) in [4.78, 5) is 26.7. The summed E-state index contributed by atoms with van der Waals surface area (Å²) in [5.74, 6) is -2.75. The quantitative estimate of drug-likeness (QED) is 0.721. The molecule has 0 spiro atoms. The lowest BCUT2D eigenvalue weighted by Crippen LogP contribution is -2.45. The number of amides is 1. The molecule has 1 aromatic rings. The summed E-state index contributed by atoms with van der Waals surface area (Å²) in [5.41, 5.74) is 0.176. The van der Waals surface area contributed by atoms with E-state index < -0.39 is 33.5 Å². The highest BCUT2D eigenvalue weighted by Gasteiger charge is 2.26. The third kappa shape index (κ3) is 5.90. The van der Waals surface area contributed by atoms with Crippen LogP contribution in [-0.4, -0.2) is 47.9 Å². The minimum atomic E-state index is -3.53. The Morgan fingerprint density at radius 3 is 2.67 bits per heavy atom. The van der Waals surface area contributed by atoms with Crippen LogP contribution in [0, 0.1) is 0 Å². The smallest absolute Gasteiger partial charge is 0.327 e. The van der Waals surface area contributed by atoms with Crippen LogP contribution in [0.5, 0.6) is 0 Å². The van der Waals surface area contributed by atoms with Gasteiger partial charge in [0, 0.05) is 12.4 Å². The third-order valence-electron chi connectivity index (χ3n) is 2.76. The Balaban J connectivity index is 2.75. The normalized spacial score (nSPS) is 12.6. The molecule has 2 N–H and O–H groups in total. The van der Waals surface area contributed by atoms with Gasteiger partial charge in [-0.15, -0.1) is 0 Å². The SMILES string of the molecule is CCCCS(=O)(=O)C[C@@H](NC(=O)c1cccnc1)C(=O)O. The zero-order valence-electron chi connectivity index (χ0n) is 11.7. The Labute approximate surface area is 123 Å². The second kappa shape index (κ2) is 7.72.